The minimum absolute atomic E-state index is 0.0487. The highest BCUT2D eigenvalue weighted by Gasteiger charge is 2.37. The number of nitrogens with one attached hydrogen (secondary N) is 1. The van der Waals surface area contributed by atoms with Gasteiger partial charge in [-0.1, -0.05) is 0 Å². The van der Waals surface area contributed by atoms with Crippen LogP contribution >= 0.6 is 0 Å². The first-order valence-corrected chi connectivity index (χ1v) is 7.34. The van der Waals surface area contributed by atoms with Crippen LogP contribution in [0.4, 0.5) is 0 Å². The van der Waals surface area contributed by atoms with Gasteiger partial charge in [0.1, 0.15) is 6.04 Å². The number of nitrogens with zero attached hydrogens (tertiary/aromatic N) is 3. The summed E-state index contributed by atoms with van der Waals surface area (Å²) in [6.07, 6.45) is 2.70. The number of rotatable bonds is 5. The van der Waals surface area contributed by atoms with Crippen molar-refractivity contribution in [2.24, 2.45) is 5.73 Å². The number of likely N-dealkylation sites (N-methyl/N-ethyl adjacent to an activating group) is 1. The summed E-state index contributed by atoms with van der Waals surface area (Å²) in [5, 5.41) is 7.01. The van der Waals surface area contributed by atoms with Crippen LogP contribution in [0.5, 0.6) is 0 Å². The lowest BCUT2D eigenvalue weighted by molar-refractivity contribution is -0.138. The second-order valence-electron chi connectivity index (χ2n) is 5.42. The Hall–Kier alpha value is -1.89. The van der Waals surface area contributed by atoms with Gasteiger partial charge in [0.2, 0.25) is 11.8 Å². The van der Waals surface area contributed by atoms with Crippen molar-refractivity contribution >= 4 is 11.8 Å². The largest absolute Gasteiger partial charge is 0.355 e. The molecule has 0 spiro atoms. The Labute approximate surface area is 124 Å². The van der Waals surface area contributed by atoms with Crippen molar-refractivity contribution in [1.82, 2.24) is 20.0 Å². The number of hydrogen-bond acceptors (Lipinski definition) is 4. The first-order chi connectivity index (χ1) is 10.0. The maximum Gasteiger partial charge on any atom is 0.242 e. The summed E-state index contributed by atoms with van der Waals surface area (Å²) < 4.78 is 1.74. The number of carbonyl (C=O) groups excluding carboxylic acids is 2. The molecular weight excluding hydrogens is 270 g/mol. The van der Waals surface area contributed by atoms with Gasteiger partial charge in [-0.15, -0.1) is 0 Å². The molecule has 7 heteroatoms. The number of amides is 2. The van der Waals surface area contributed by atoms with Gasteiger partial charge in [0.15, 0.2) is 0 Å². The van der Waals surface area contributed by atoms with Crippen LogP contribution in [0.25, 0.3) is 0 Å². The fourth-order valence-electron chi connectivity index (χ4n) is 2.63. The molecule has 1 aliphatic heterocycles. The lowest BCUT2D eigenvalue weighted by Gasteiger charge is -2.23. The van der Waals surface area contributed by atoms with Crippen LogP contribution in [0.15, 0.2) is 12.3 Å². The Bertz CT molecular complexity index is 513. The van der Waals surface area contributed by atoms with Gasteiger partial charge in [-0.3, -0.25) is 14.3 Å². The van der Waals surface area contributed by atoms with Gasteiger partial charge < -0.3 is 16.0 Å². The monoisotopic (exact) mass is 293 g/mol. The maximum absolute atomic E-state index is 12.3. The number of nitrogens with two attached hydrogens (primary N) is 1. The summed E-state index contributed by atoms with van der Waals surface area (Å²) in [5.74, 6) is -0.166. The number of carbonyl (C=O) groups is 2. The van der Waals surface area contributed by atoms with Crippen LogP contribution in [-0.2, 0) is 16.1 Å². The Kier molecular flexibility index (Phi) is 4.95. The van der Waals surface area contributed by atoms with Gasteiger partial charge >= 0.3 is 0 Å². The normalized spacial score (nSPS) is 21.6. The zero-order valence-corrected chi connectivity index (χ0v) is 12.6. The second-order valence-corrected chi connectivity index (χ2v) is 5.42. The van der Waals surface area contributed by atoms with E-state index in [1.54, 1.807) is 9.58 Å². The summed E-state index contributed by atoms with van der Waals surface area (Å²) in [4.78, 5) is 25.9. The van der Waals surface area contributed by atoms with Crippen molar-refractivity contribution in [2.75, 3.05) is 13.1 Å². The highest BCUT2D eigenvalue weighted by molar-refractivity contribution is 5.88. The van der Waals surface area contributed by atoms with Gasteiger partial charge in [-0.05, 0) is 26.3 Å². The summed E-state index contributed by atoms with van der Waals surface area (Å²) in [6.45, 7) is 5.28. The Morgan fingerprint density at radius 3 is 2.90 bits per heavy atom. The Morgan fingerprint density at radius 2 is 2.29 bits per heavy atom. The smallest absolute Gasteiger partial charge is 0.242 e. The van der Waals surface area contributed by atoms with E-state index in [0.717, 1.165) is 5.69 Å². The molecule has 1 aliphatic rings. The van der Waals surface area contributed by atoms with Crippen molar-refractivity contribution in [3.05, 3.63) is 18.0 Å². The summed E-state index contributed by atoms with van der Waals surface area (Å²) in [7, 11) is 0. The molecule has 21 heavy (non-hydrogen) atoms. The molecule has 0 bridgehead atoms. The molecule has 1 aromatic heterocycles. The van der Waals surface area contributed by atoms with Crippen LogP contribution in [0, 0.1) is 6.92 Å². The average Bonchev–Trinajstić information content (AvgIpc) is 3.02. The number of aryl methyl sites for hydroxylation is 2. The van der Waals surface area contributed by atoms with Crippen molar-refractivity contribution in [2.45, 2.75) is 45.3 Å². The van der Waals surface area contributed by atoms with Gasteiger partial charge in [-0.2, -0.15) is 5.10 Å². The molecule has 3 N–H and O–H groups in total. The van der Waals surface area contributed by atoms with E-state index in [1.165, 1.54) is 0 Å². The molecule has 2 atom stereocenters. The van der Waals surface area contributed by atoms with E-state index in [-0.39, 0.29) is 17.9 Å². The Morgan fingerprint density at radius 1 is 1.52 bits per heavy atom. The third-order valence-corrected chi connectivity index (χ3v) is 3.64. The van der Waals surface area contributed by atoms with E-state index in [9.17, 15) is 9.59 Å². The summed E-state index contributed by atoms with van der Waals surface area (Å²) in [6, 6.07) is 1.33. The lowest BCUT2D eigenvalue weighted by atomic mass is 10.1. The van der Waals surface area contributed by atoms with Crippen molar-refractivity contribution in [3.8, 4) is 0 Å². The SMILES string of the molecule is CCNC(=O)[C@@H]1C[C@@H](N)CN1C(=O)CCn1ccc(C)n1. The van der Waals surface area contributed by atoms with E-state index < -0.39 is 6.04 Å². The highest BCUT2D eigenvalue weighted by atomic mass is 16.2. The fourth-order valence-corrected chi connectivity index (χ4v) is 2.63. The minimum Gasteiger partial charge on any atom is -0.355 e. The molecule has 0 aromatic carbocycles. The Balaban J connectivity index is 1.94. The standard InChI is InChI=1S/C14H23N5O2/c1-3-16-14(21)12-8-11(15)9-19(12)13(20)5-7-18-6-4-10(2)17-18/h4,6,11-12H,3,5,7-9,15H2,1-2H3,(H,16,21)/t11-,12+/m1/s1. The molecule has 116 valence electrons. The first kappa shape index (κ1) is 15.5. The summed E-state index contributed by atoms with van der Waals surface area (Å²) in [5.41, 5.74) is 6.83. The molecule has 1 saturated heterocycles. The van der Waals surface area contributed by atoms with Crippen LogP contribution in [0.3, 0.4) is 0 Å². The van der Waals surface area contributed by atoms with E-state index >= 15 is 0 Å². The van der Waals surface area contributed by atoms with Crippen LogP contribution in [-0.4, -0.2) is 51.7 Å². The molecule has 0 unspecified atom stereocenters. The molecule has 7 nitrogen and oxygen atoms in total. The maximum atomic E-state index is 12.3. The van der Waals surface area contributed by atoms with Gasteiger partial charge in [-0.25, -0.2) is 0 Å². The van der Waals surface area contributed by atoms with Crippen LogP contribution in [0.2, 0.25) is 0 Å². The molecule has 1 fully saturated rings. The molecule has 1 aromatic rings. The quantitative estimate of drug-likeness (QED) is 0.775. The predicted molar refractivity (Wildman–Crippen MR) is 78.4 cm³/mol. The third kappa shape index (κ3) is 3.81. The summed E-state index contributed by atoms with van der Waals surface area (Å²) >= 11 is 0. The minimum atomic E-state index is -0.438. The van der Waals surface area contributed by atoms with E-state index in [0.29, 0.717) is 32.5 Å². The van der Waals surface area contributed by atoms with Gasteiger partial charge in [0.05, 0.1) is 5.69 Å². The zero-order valence-electron chi connectivity index (χ0n) is 12.6. The molecule has 2 rings (SSSR count). The zero-order chi connectivity index (χ0) is 15.4. The van der Waals surface area contributed by atoms with Crippen molar-refractivity contribution in [3.63, 3.8) is 0 Å². The molecule has 0 saturated carbocycles. The van der Waals surface area contributed by atoms with Crippen molar-refractivity contribution < 1.29 is 9.59 Å². The number of hydrogen-bond donors (Lipinski definition) is 2. The van der Waals surface area contributed by atoms with Crippen molar-refractivity contribution in [1.29, 1.82) is 0 Å². The molecule has 2 amide bonds. The topological polar surface area (TPSA) is 93.3 Å². The van der Waals surface area contributed by atoms with Gasteiger partial charge in [0, 0.05) is 38.3 Å². The number of likely N-dealkylation sites (tertiary alicyclic amines) is 1. The molecule has 0 radical (unpaired) electrons. The van der Waals surface area contributed by atoms with Crippen LogP contribution < -0.4 is 11.1 Å². The van der Waals surface area contributed by atoms with Gasteiger partial charge in [0.25, 0.3) is 0 Å². The van der Waals surface area contributed by atoms with E-state index in [1.807, 2.05) is 26.1 Å². The number of aromatic nitrogens is 2. The third-order valence-electron chi connectivity index (χ3n) is 3.64. The highest BCUT2D eigenvalue weighted by Crippen LogP contribution is 2.18. The fraction of sp³-hybridized carbons (Fsp3) is 0.643. The lowest BCUT2D eigenvalue weighted by Crippen LogP contribution is -2.46. The van der Waals surface area contributed by atoms with E-state index in [4.69, 9.17) is 5.73 Å². The second kappa shape index (κ2) is 6.71. The molecule has 2 heterocycles. The van der Waals surface area contributed by atoms with E-state index in [2.05, 4.69) is 10.4 Å². The average molecular weight is 293 g/mol. The molecular formula is C14H23N5O2. The molecule has 0 aliphatic carbocycles. The first-order valence-electron chi connectivity index (χ1n) is 7.34. The predicted octanol–water partition coefficient (Wildman–Crippen LogP) is -0.354. The van der Waals surface area contributed by atoms with Crippen LogP contribution in [0.1, 0.15) is 25.5 Å².